The predicted molar refractivity (Wildman–Crippen MR) is 68.1 cm³/mol. The summed E-state index contributed by atoms with van der Waals surface area (Å²) in [6.07, 6.45) is 1.60. The number of pyridine rings is 1. The van der Waals surface area contributed by atoms with E-state index in [4.69, 9.17) is 0 Å². The van der Waals surface area contributed by atoms with Gasteiger partial charge in [0.15, 0.2) is 0 Å². The van der Waals surface area contributed by atoms with Gasteiger partial charge in [0.1, 0.15) is 5.69 Å². The van der Waals surface area contributed by atoms with E-state index in [1.54, 1.807) is 12.3 Å². The van der Waals surface area contributed by atoms with Gasteiger partial charge in [0.05, 0.1) is 7.11 Å². The summed E-state index contributed by atoms with van der Waals surface area (Å²) in [6.45, 7) is 8.59. The average molecular weight is 236 g/mol. The van der Waals surface area contributed by atoms with Gasteiger partial charge in [-0.05, 0) is 24.5 Å². The van der Waals surface area contributed by atoms with Crippen LogP contribution in [-0.4, -0.2) is 24.1 Å². The maximum atomic E-state index is 11.3. The molecule has 17 heavy (non-hydrogen) atoms. The van der Waals surface area contributed by atoms with E-state index in [1.807, 2.05) is 6.07 Å². The molecule has 0 fully saturated rings. The van der Waals surface area contributed by atoms with Crippen LogP contribution in [0.5, 0.6) is 0 Å². The third-order valence-corrected chi connectivity index (χ3v) is 2.84. The summed E-state index contributed by atoms with van der Waals surface area (Å²) in [7, 11) is 1.35. The minimum atomic E-state index is -0.419. The lowest BCUT2D eigenvalue weighted by Crippen LogP contribution is -2.30. The zero-order valence-corrected chi connectivity index (χ0v) is 11.1. The highest BCUT2D eigenvalue weighted by molar-refractivity contribution is 5.88. The molecule has 94 valence electrons. The summed E-state index contributed by atoms with van der Waals surface area (Å²) in [5.74, 6) is -0.419. The SMILES string of the molecule is COC(=O)c1cc(NC(C)C(C)(C)C)ccn1. The van der Waals surface area contributed by atoms with E-state index in [0.717, 1.165) is 5.69 Å². The highest BCUT2D eigenvalue weighted by Gasteiger charge is 2.20. The molecule has 1 aromatic rings. The van der Waals surface area contributed by atoms with Gasteiger partial charge in [-0.2, -0.15) is 0 Å². The Labute approximate surface area is 102 Å². The van der Waals surface area contributed by atoms with Crippen LogP contribution in [0.2, 0.25) is 0 Å². The first-order chi connectivity index (χ1) is 7.84. The summed E-state index contributed by atoms with van der Waals surface area (Å²) >= 11 is 0. The Hall–Kier alpha value is -1.58. The van der Waals surface area contributed by atoms with Crippen molar-refractivity contribution in [3.63, 3.8) is 0 Å². The zero-order valence-electron chi connectivity index (χ0n) is 11.1. The number of anilines is 1. The minimum absolute atomic E-state index is 0.148. The molecule has 0 spiro atoms. The van der Waals surface area contributed by atoms with Crippen molar-refractivity contribution in [2.24, 2.45) is 5.41 Å². The number of aromatic nitrogens is 1. The molecule has 0 bridgehead atoms. The van der Waals surface area contributed by atoms with Crippen molar-refractivity contribution in [2.75, 3.05) is 12.4 Å². The summed E-state index contributed by atoms with van der Waals surface area (Å²) in [6, 6.07) is 3.83. The number of carbonyl (C=O) groups excluding carboxylic acids is 1. The highest BCUT2D eigenvalue weighted by atomic mass is 16.5. The summed E-state index contributed by atoms with van der Waals surface area (Å²) in [5.41, 5.74) is 1.34. The van der Waals surface area contributed by atoms with Gasteiger partial charge in [-0.1, -0.05) is 20.8 Å². The Morgan fingerprint density at radius 3 is 2.65 bits per heavy atom. The van der Waals surface area contributed by atoms with Gasteiger partial charge in [0, 0.05) is 17.9 Å². The molecule has 0 aliphatic heterocycles. The first kappa shape index (κ1) is 13.5. The fourth-order valence-electron chi connectivity index (χ4n) is 1.20. The van der Waals surface area contributed by atoms with Crippen LogP contribution in [0.25, 0.3) is 0 Å². The molecule has 4 nitrogen and oxygen atoms in total. The molecule has 0 aromatic carbocycles. The lowest BCUT2D eigenvalue weighted by molar-refractivity contribution is 0.0594. The van der Waals surface area contributed by atoms with Crippen molar-refractivity contribution >= 4 is 11.7 Å². The summed E-state index contributed by atoms with van der Waals surface area (Å²) in [5, 5.41) is 3.35. The van der Waals surface area contributed by atoms with E-state index < -0.39 is 5.97 Å². The molecule has 1 N–H and O–H groups in total. The monoisotopic (exact) mass is 236 g/mol. The van der Waals surface area contributed by atoms with Crippen LogP contribution < -0.4 is 5.32 Å². The van der Waals surface area contributed by atoms with Crippen molar-refractivity contribution in [1.29, 1.82) is 0 Å². The fraction of sp³-hybridized carbons (Fsp3) is 0.538. The van der Waals surface area contributed by atoms with Gasteiger partial charge in [-0.3, -0.25) is 0 Å². The molecule has 0 aliphatic carbocycles. The van der Waals surface area contributed by atoms with E-state index in [9.17, 15) is 4.79 Å². The lowest BCUT2D eigenvalue weighted by atomic mass is 9.88. The van der Waals surface area contributed by atoms with E-state index >= 15 is 0 Å². The van der Waals surface area contributed by atoms with Gasteiger partial charge >= 0.3 is 5.97 Å². The highest BCUT2D eigenvalue weighted by Crippen LogP contribution is 2.22. The largest absolute Gasteiger partial charge is 0.464 e. The average Bonchev–Trinajstić information content (AvgIpc) is 2.27. The first-order valence-corrected chi connectivity index (χ1v) is 5.65. The molecule has 0 amide bonds. The molecule has 0 aliphatic rings. The molecule has 1 aromatic heterocycles. The first-order valence-electron chi connectivity index (χ1n) is 5.65. The summed E-state index contributed by atoms with van der Waals surface area (Å²) < 4.78 is 4.63. The summed E-state index contributed by atoms with van der Waals surface area (Å²) in [4.78, 5) is 15.3. The Bertz CT molecular complexity index is 397. The van der Waals surface area contributed by atoms with Crippen molar-refractivity contribution in [3.8, 4) is 0 Å². The van der Waals surface area contributed by atoms with Crippen LogP contribution in [0.4, 0.5) is 5.69 Å². The van der Waals surface area contributed by atoms with Gasteiger partial charge in [-0.15, -0.1) is 0 Å². The number of ether oxygens (including phenoxy) is 1. The van der Waals surface area contributed by atoms with Crippen LogP contribution in [0.3, 0.4) is 0 Å². The van der Waals surface area contributed by atoms with Gasteiger partial charge < -0.3 is 10.1 Å². The van der Waals surface area contributed by atoms with Gasteiger partial charge in [-0.25, -0.2) is 9.78 Å². The van der Waals surface area contributed by atoms with Crippen LogP contribution >= 0.6 is 0 Å². The van der Waals surface area contributed by atoms with E-state index in [2.05, 4.69) is 42.7 Å². The number of rotatable bonds is 3. The van der Waals surface area contributed by atoms with Gasteiger partial charge in [0.25, 0.3) is 0 Å². The molecule has 1 rings (SSSR count). The molecule has 0 radical (unpaired) electrons. The van der Waals surface area contributed by atoms with E-state index in [0.29, 0.717) is 5.69 Å². The minimum Gasteiger partial charge on any atom is -0.464 e. The molecule has 0 saturated heterocycles. The van der Waals surface area contributed by atoms with Crippen LogP contribution in [0.1, 0.15) is 38.2 Å². The number of esters is 1. The van der Waals surface area contributed by atoms with E-state index in [-0.39, 0.29) is 11.5 Å². The second-order valence-corrected chi connectivity index (χ2v) is 5.15. The fourth-order valence-corrected chi connectivity index (χ4v) is 1.20. The molecule has 1 heterocycles. The zero-order chi connectivity index (χ0) is 13.1. The lowest BCUT2D eigenvalue weighted by Gasteiger charge is -2.29. The van der Waals surface area contributed by atoms with Crippen molar-refractivity contribution in [1.82, 2.24) is 4.98 Å². The molecule has 1 unspecified atom stereocenters. The normalized spacial score (nSPS) is 13.0. The van der Waals surface area contributed by atoms with Crippen molar-refractivity contribution < 1.29 is 9.53 Å². The Morgan fingerprint density at radius 2 is 2.12 bits per heavy atom. The second-order valence-electron chi connectivity index (χ2n) is 5.15. The quantitative estimate of drug-likeness (QED) is 0.820. The van der Waals surface area contributed by atoms with Crippen LogP contribution in [0.15, 0.2) is 18.3 Å². The third-order valence-electron chi connectivity index (χ3n) is 2.84. The maximum Gasteiger partial charge on any atom is 0.356 e. The van der Waals surface area contributed by atoms with Crippen LogP contribution in [0, 0.1) is 5.41 Å². The van der Waals surface area contributed by atoms with E-state index in [1.165, 1.54) is 7.11 Å². The molecule has 0 saturated carbocycles. The molecular formula is C13H20N2O2. The Kier molecular flexibility index (Phi) is 4.10. The van der Waals surface area contributed by atoms with Crippen LogP contribution in [-0.2, 0) is 4.74 Å². The molecule has 1 atom stereocenters. The predicted octanol–water partition coefficient (Wildman–Crippen LogP) is 2.71. The number of hydrogen-bond acceptors (Lipinski definition) is 4. The topological polar surface area (TPSA) is 51.2 Å². The number of carbonyl (C=O) groups is 1. The van der Waals surface area contributed by atoms with Gasteiger partial charge in [0.2, 0.25) is 0 Å². The smallest absolute Gasteiger partial charge is 0.356 e. The second kappa shape index (κ2) is 5.17. The molecular weight excluding hydrogens is 216 g/mol. The Balaban J connectivity index is 2.83. The molecule has 4 heteroatoms. The number of nitrogens with zero attached hydrogens (tertiary/aromatic N) is 1. The van der Waals surface area contributed by atoms with Crippen molar-refractivity contribution in [2.45, 2.75) is 33.7 Å². The van der Waals surface area contributed by atoms with Crippen molar-refractivity contribution in [3.05, 3.63) is 24.0 Å². The Morgan fingerprint density at radius 1 is 1.47 bits per heavy atom. The maximum absolute atomic E-state index is 11.3. The number of methoxy groups -OCH3 is 1. The number of hydrogen-bond donors (Lipinski definition) is 1. The number of nitrogens with one attached hydrogen (secondary N) is 1. The standard InChI is InChI=1S/C13H20N2O2/c1-9(13(2,3)4)15-10-6-7-14-11(8-10)12(16)17-5/h6-9H,1-5H3,(H,14,15). The third kappa shape index (κ3) is 3.73.